The number of hydrogen-bond acceptors (Lipinski definition) is 2. The molecule has 0 aliphatic heterocycles. The van der Waals surface area contributed by atoms with Crippen LogP contribution in [0, 0.1) is 33.5 Å². The Morgan fingerprint density at radius 2 is 1.00 bits per heavy atom. The predicted molar refractivity (Wildman–Crippen MR) is 102 cm³/mol. The first kappa shape index (κ1) is 16.4. The quantitative estimate of drug-likeness (QED) is 0.727. The minimum atomic E-state index is -0.436. The standard InChI is InChI=1S/C24H20N2/c1-23-19(15-25)13-22(18-11-7-4-8-12-18)24(23,2)20(16-26)14-21(23)17-9-5-3-6-10-17/h3-14,21-22H,1-2H3/t21-,22-,23+,24+/m0/s1. The number of nitrogens with zero attached hydrogens (tertiary/aromatic N) is 2. The molecule has 2 aromatic rings. The van der Waals surface area contributed by atoms with Crippen LogP contribution in [-0.2, 0) is 0 Å². The van der Waals surface area contributed by atoms with Crippen molar-refractivity contribution >= 4 is 0 Å². The number of rotatable bonds is 2. The first-order chi connectivity index (χ1) is 12.6. The van der Waals surface area contributed by atoms with E-state index in [1.165, 1.54) is 0 Å². The van der Waals surface area contributed by atoms with Gasteiger partial charge in [-0.3, -0.25) is 0 Å². The predicted octanol–water partition coefficient (Wildman–Crippen LogP) is 5.49. The number of allylic oxidation sites excluding steroid dienone is 4. The molecule has 2 aliphatic rings. The first-order valence-corrected chi connectivity index (χ1v) is 8.92. The smallest absolute Gasteiger partial charge is 0.0950 e. The van der Waals surface area contributed by atoms with Crippen molar-refractivity contribution in [3.63, 3.8) is 0 Å². The summed E-state index contributed by atoms with van der Waals surface area (Å²) in [5.74, 6) is 0.0333. The van der Waals surface area contributed by atoms with Crippen molar-refractivity contribution in [2.24, 2.45) is 10.8 Å². The van der Waals surface area contributed by atoms with E-state index in [-0.39, 0.29) is 11.8 Å². The molecule has 0 N–H and O–H groups in total. The van der Waals surface area contributed by atoms with Crippen LogP contribution in [0.25, 0.3) is 0 Å². The summed E-state index contributed by atoms with van der Waals surface area (Å²) >= 11 is 0. The van der Waals surface area contributed by atoms with Crippen molar-refractivity contribution in [3.8, 4) is 12.1 Å². The van der Waals surface area contributed by atoms with Gasteiger partial charge >= 0.3 is 0 Å². The Labute approximate surface area is 154 Å². The van der Waals surface area contributed by atoms with Gasteiger partial charge in [0.2, 0.25) is 0 Å². The molecular formula is C24H20N2. The molecule has 26 heavy (non-hydrogen) atoms. The van der Waals surface area contributed by atoms with Gasteiger partial charge in [-0.25, -0.2) is 0 Å². The molecule has 0 fully saturated rings. The SMILES string of the molecule is C[C@]12C(C#N)=C[C@@H](c3ccccc3)[C@@]1(C)C(C#N)=C[C@H]2c1ccccc1. The molecule has 4 rings (SSSR count). The maximum absolute atomic E-state index is 9.96. The molecule has 4 atom stereocenters. The van der Waals surface area contributed by atoms with Crippen molar-refractivity contribution < 1.29 is 0 Å². The fraction of sp³-hybridized carbons (Fsp3) is 0.250. The van der Waals surface area contributed by atoms with Crippen molar-refractivity contribution in [1.29, 1.82) is 10.5 Å². The fourth-order valence-electron chi connectivity index (χ4n) is 5.04. The van der Waals surface area contributed by atoms with Crippen LogP contribution in [0.4, 0.5) is 0 Å². The average molecular weight is 336 g/mol. The largest absolute Gasteiger partial charge is 0.193 e. The Morgan fingerprint density at radius 3 is 1.31 bits per heavy atom. The van der Waals surface area contributed by atoms with Crippen LogP contribution >= 0.6 is 0 Å². The van der Waals surface area contributed by atoms with Gasteiger partial charge in [0.15, 0.2) is 0 Å². The topological polar surface area (TPSA) is 47.6 Å². The average Bonchev–Trinajstić information content (AvgIpc) is 3.06. The second-order valence-electron chi connectivity index (χ2n) is 7.57. The zero-order chi connectivity index (χ0) is 18.4. The monoisotopic (exact) mass is 336 g/mol. The van der Waals surface area contributed by atoms with Gasteiger partial charge in [0.25, 0.3) is 0 Å². The molecule has 0 spiro atoms. The van der Waals surface area contributed by atoms with E-state index >= 15 is 0 Å². The minimum Gasteiger partial charge on any atom is -0.193 e. The molecule has 2 aromatic carbocycles. The van der Waals surface area contributed by atoms with Crippen molar-refractivity contribution in [1.82, 2.24) is 0 Å². The van der Waals surface area contributed by atoms with Gasteiger partial charge in [-0.1, -0.05) is 86.7 Å². The Morgan fingerprint density at radius 1 is 0.654 bits per heavy atom. The van der Waals surface area contributed by atoms with Crippen LogP contribution in [0.5, 0.6) is 0 Å². The lowest BCUT2D eigenvalue weighted by atomic mass is 9.56. The fourth-order valence-corrected chi connectivity index (χ4v) is 5.04. The third kappa shape index (κ3) is 1.91. The Balaban J connectivity index is 1.95. The normalized spacial score (nSPS) is 32.2. The van der Waals surface area contributed by atoms with Crippen LogP contribution < -0.4 is 0 Å². The number of fused-ring (bicyclic) bond motifs is 1. The molecule has 0 bridgehead atoms. The lowest BCUT2D eigenvalue weighted by Gasteiger charge is -2.44. The van der Waals surface area contributed by atoms with Gasteiger partial charge < -0.3 is 0 Å². The van der Waals surface area contributed by atoms with Crippen LogP contribution in [0.15, 0.2) is 84.0 Å². The summed E-state index contributed by atoms with van der Waals surface area (Å²) in [7, 11) is 0. The zero-order valence-electron chi connectivity index (χ0n) is 15.0. The molecule has 0 saturated heterocycles. The maximum Gasteiger partial charge on any atom is 0.0950 e. The van der Waals surface area contributed by atoms with Crippen LogP contribution in [-0.4, -0.2) is 0 Å². The molecule has 2 heteroatoms. The molecule has 0 heterocycles. The maximum atomic E-state index is 9.96. The van der Waals surface area contributed by atoms with Crippen molar-refractivity contribution in [2.45, 2.75) is 25.7 Å². The molecular weight excluding hydrogens is 316 g/mol. The number of nitriles is 2. The highest BCUT2D eigenvalue weighted by atomic mass is 14.7. The molecule has 2 aliphatic carbocycles. The summed E-state index contributed by atoms with van der Waals surface area (Å²) in [5.41, 5.74) is 3.00. The highest BCUT2D eigenvalue weighted by molar-refractivity contribution is 5.59. The van der Waals surface area contributed by atoms with E-state index in [1.54, 1.807) is 0 Å². The second-order valence-corrected chi connectivity index (χ2v) is 7.57. The van der Waals surface area contributed by atoms with Gasteiger partial charge in [0.1, 0.15) is 0 Å². The zero-order valence-corrected chi connectivity index (χ0v) is 15.0. The van der Waals surface area contributed by atoms with E-state index in [0.717, 1.165) is 22.3 Å². The summed E-state index contributed by atoms with van der Waals surface area (Å²) in [5, 5.41) is 19.9. The van der Waals surface area contributed by atoms with Crippen LogP contribution in [0.2, 0.25) is 0 Å². The molecule has 0 unspecified atom stereocenters. The van der Waals surface area contributed by atoms with E-state index < -0.39 is 10.8 Å². The number of hydrogen-bond donors (Lipinski definition) is 0. The first-order valence-electron chi connectivity index (χ1n) is 8.92. The molecule has 0 amide bonds. The van der Waals surface area contributed by atoms with E-state index in [0.29, 0.717) is 0 Å². The van der Waals surface area contributed by atoms with Crippen LogP contribution in [0.1, 0.15) is 36.8 Å². The van der Waals surface area contributed by atoms with Gasteiger partial charge in [0, 0.05) is 33.8 Å². The number of benzene rings is 2. The van der Waals surface area contributed by atoms with E-state index in [9.17, 15) is 10.5 Å². The Kier molecular flexibility index (Phi) is 3.60. The van der Waals surface area contributed by atoms with E-state index in [2.05, 4.69) is 62.4 Å². The Hall–Kier alpha value is -3.10. The van der Waals surface area contributed by atoms with Crippen molar-refractivity contribution in [3.05, 3.63) is 95.1 Å². The summed E-state index contributed by atoms with van der Waals surface area (Å²) in [6, 6.07) is 25.4. The molecule has 2 nitrogen and oxygen atoms in total. The highest BCUT2D eigenvalue weighted by Gasteiger charge is 2.64. The van der Waals surface area contributed by atoms with Gasteiger partial charge in [-0.05, 0) is 11.1 Å². The van der Waals surface area contributed by atoms with Gasteiger partial charge in [0.05, 0.1) is 12.1 Å². The second kappa shape index (κ2) is 5.72. The summed E-state index contributed by atoms with van der Waals surface area (Å²) in [6.45, 7) is 4.31. The van der Waals surface area contributed by atoms with Crippen LogP contribution in [0.3, 0.4) is 0 Å². The molecule has 0 radical (unpaired) electrons. The molecule has 126 valence electrons. The minimum absolute atomic E-state index is 0.0166. The third-order valence-electron chi connectivity index (χ3n) is 6.67. The molecule has 0 aromatic heterocycles. The Bertz CT molecular complexity index is 905. The lowest BCUT2D eigenvalue weighted by molar-refractivity contribution is 0.171. The van der Waals surface area contributed by atoms with Gasteiger partial charge in [-0.2, -0.15) is 10.5 Å². The summed E-state index contributed by atoms with van der Waals surface area (Å²) in [6.07, 6.45) is 4.19. The van der Waals surface area contributed by atoms with E-state index in [4.69, 9.17) is 0 Å². The highest BCUT2D eigenvalue weighted by Crippen LogP contribution is 2.71. The van der Waals surface area contributed by atoms with E-state index in [1.807, 2.05) is 36.4 Å². The third-order valence-corrected chi connectivity index (χ3v) is 6.67. The van der Waals surface area contributed by atoms with Gasteiger partial charge in [-0.15, -0.1) is 0 Å². The van der Waals surface area contributed by atoms with Crippen molar-refractivity contribution in [2.75, 3.05) is 0 Å². The molecule has 0 saturated carbocycles. The lowest BCUT2D eigenvalue weighted by Crippen LogP contribution is -2.39. The summed E-state index contributed by atoms with van der Waals surface area (Å²) in [4.78, 5) is 0. The summed E-state index contributed by atoms with van der Waals surface area (Å²) < 4.78 is 0.